The molecule has 1 aromatic heterocycles. The van der Waals surface area contributed by atoms with E-state index in [0.29, 0.717) is 11.4 Å². The number of hydrogen-bond acceptors (Lipinski definition) is 4. The van der Waals surface area contributed by atoms with Crippen molar-refractivity contribution in [1.82, 2.24) is 9.88 Å². The standard InChI is InChI=1S/C23H19N3O3S/c1-14-5-6-15(2)20(12-14)26-22(29)19(21(28)24-23(26)30)13-17-4-3-11-25(17)16-7-9-18(27)10-8-16/h3-13,27H,1-2H3,(H,24,28,30). The van der Waals surface area contributed by atoms with Gasteiger partial charge >= 0.3 is 0 Å². The number of benzene rings is 2. The average molecular weight is 417 g/mol. The lowest BCUT2D eigenvalue weighted by atomic mass is 10.1. The number of carbonyl (C=O) groups is 2. The summed E-state index contributed by atoms with van der Waals surface area (Å²) in [6.45, 7) is 3.82. The Morgan fingerprint density at radius 3 is 2.50 bits per heavy atom. The van der Waals surface area contributed by atoms with Crippen LogP contribution in [0.2, 0.25) is 0 Å². The first kappa shape index (κ1) is 19.6. The third kappa shape index (κ3) is 3.51. The fraction of sp³-hybridized carbons (Fsp3) is 0.0870. The lowest BCUT2D eigenvalue weighted by Crippen LogP contribution is -2.54. The maximum absolute atomic E-state index is 13.3. The predicted octanol–water partition coefficient (Wildman–Crippen LogP) is 3.63. The number of amides is 2. The van der Waals surface area contributed by atoms with Crippen molar-refractivity contribution in [3.63, 3.8) is 0 Å². The number of aromatic nitrogens is 1. The van der Waals surface area contributed by atoms with E-state index >= 15 is 0 Å². The molecular formula is C23H19N3O3S. The van der Waals surface area contributed by atoms with Gasteiger partial charge in [0.25, 0.3) is 11.8 Å². The van der Waals surface area contributed by atoms with Gasteiger partial charge in [-0.15, -0.1) is 0 Å². The Morgan fingerprint density at radius 1 is 1.03 bits per heavy atom. The van der Waals surface area contributed by atoms with E-state index in [9.17, 15) is 14.7 Å². The van der Waals surface area contributed by atoms with Crippen molar-refractivity contribution in [2.45, 2.75) is 13.8 Å². The molecule has 0 spiro atoms. The van der Waals surface area contributed by atoms with Gasteiger partial charge in [-0.05, 0) is 85.7 Å². The van der Waals surface area contributed by atoms with Gasteiger partial charge in [0.05, 0.1) is 5.69 Å². The minimum Gasteiger partial charge on any atom is -0.508 e. The van der Waals surface area contributed by atoms with Crippen molar-refractivity contribution in [2.75, 3.05) is 4.90 Å². The zero-order valence-corrected chi connectivity index (χ0v) is 17.2. The minimum atomic E-state index is -0.537. The van der Waals surface area contributed by atoms with Gasteiger partial charge in [-0.1, -0.05) is 12.1 Å². The van der Waals surface area contributed by atoms with Gasteiger partial charge in [-0.3, -0.25) is 19.8 Å². The van der Waals surface area contributed by atoms with E-state index in [2.05, 4.69) is 5.32 Å². The highest BCUT2D eigenvalue weighted by molar-refractivity contribution is 7.80. The summed E-state index contributed by atoms with van der Waals surface area (Å²) in [5.74, 6) is -0.855. The molecule has 2 N–H and O–H groups in total. The molecule has 0 bridgehead atoms. The highest BCUT2D eigenvalue weighted by atomic mass is 32.1. The summed E-state index contributed by atoms with van der Waals surface area (Å²) in [5.41, 5.74) is 3.92. The largest absolute Gasteiger partial charge is 0.508 e. The zero-order chi connectivity index (χ0) is 21.4. The summed E-state index contributed by atoms with van der Waals surface area (Å²) >= 11 is 5.30. The lowest BCUT2D eigenvalue weighted by molar-refractivity contribution is -0.122. The van der Waals surface area contributed by atoms with Crippen LogP contribution in [-0.4, -0.2) is 26.6 Å². The highest BCUT2D eigenvalue weighted by Crippen LogP contribution is 2.27. The van der Waals surface area contributed by atoms with Crippen molar-refractivity contribution >= 4 is 40.9 Å². The summed E-state index contributed by atoms with van der Waals surface area (Å²) in [7, 11) is 0. The van der Waals surface area contributed by atoms with Gasteiger partial charge in [0, 0.05) is 17.6 Å². The lowest BCUT2D eigenvalue weighted by Gasteiger charge is -2.30. The maximum Gasteiger partial charge on any atom is 0.270 e. The molecule has 2 aromatic carbocycles. The molecule has 0 aliphatic carbocycles. The Hall–Kier alpha value is -3.71. The number of thiocarbonyl (C=S) groups is 1. The van der Waals surface area contributed by atoms with Crippen molar-refractivity contribution in [1.29, 1.82) is 0 Å². The number of rotatable bonds is 3. The van der Waals surface area contributed by atoms with Gasteiger partial charge in [0.2, 0.25) is 0 Å². The molecule has 3 aromatic rings. The molecule has 0 radical (unpaired) electrons. The average Bonchev–Trinajstić information content (AvgIpc) is 3.16. The molecule has 1 saturated heterocycles. The topological polar surface area (TPSA) is 74.6 Å². The number of carbonyl (C=O) groups excluding carboxylic acids is 2. The van der Waals surface area contributed by atoms with Crippen LogP contribution in [0.25, 0.3) is 11.8 Å². The number of phenolic OH excluding ortho intramolecular Hbond substituents is 1. The van der Waals surface area contributed by atoms with Crippen molar-refractivity contribution in [3.05, 3.63) is 83.2 Å². The van der Waals surface area contributed by atoms with Crippen LogP contribution in [0.15, 0.2) is 66.4 Å². The normalized spacial score (nSPS) is 15.6. The first-order valence-corrected chi connectivity index (χ1v) is 9.71. The van der Waals surface area contributed by atoms with Gasteiger partial charge in [-0.2, -0.15) is 0 Å². The summed E-state index contributed by atoms with van der Waals surface area (Å²) in [4.78, 5) is 27.3. The third-order valence-corrected chi connectivity index (χ3v) is 5.19. The first-order chi connectivity index (χ1) is 14.3. The van der Waals surface area contributed by atoms with Gasteiger partial charge < -0.3 is 9.67 Å². The predicted molar refractivity (Wildman–Crippen MR) is 120 cm³/mol. The quantitative estimate of drug-likeness (QED) is 0.388. The summed E-state index contributed by atoms with van der Waals surface area (Å²) in [6, 6.07) is 16.0. The molecular weight excluding hydrogens is 398 g/mol. The molecule has 4 rings (SSSR count). The molecule has 1 aliphatic heterocycles. The molecule has 2 amide bonds. The molecule has 150 valence electrons. The van der Waals surface area contributed by atoms with Crippen LogP contribution in [0.3, 0.4) is 0 Å². The number of hydrogen-bond donors (Lipinski definition) is 2. The van der Waals surface area contributed by atoms with Crippen molar-refractivity contribution in [3.8, 4) is 11.4 Å². The van der Waals surface area contributed by atoms with Crippen LogP contribution in [-0.2, 0) is 9.59 Å². The van der Waals surface area contributed by atoms with Crippen LogP contribution >= 0.6 is 12.2 Å². The summed E-state index contributed by atoms with van der Waals surface area (Å²) in [6.07, 6.45) is 3.36. The van der Waals surface area contributed by atoms with Gasteiger partial charge in [-0.25, -0.2) is 0 Å². The molecule has 0 saturated carbocycles. The zero-order valence-electron chi connectivity index (χ0n) is 16.4. The minimum absolute atomic E-state index is 0.0109. The van der Waals surface area contributed by atoms with E-state index in [4.69, 9.17) is 12.2 Å². The third-order valence-electron chi connectivity index (χ3n) is 4.91. The van der Waals surface area contributed by atoms with Crippen LogP contribution in [0.1, 0.15) is 16.8 Å². The molecule has 1 fully saturated rings. The Bertz CT molecular complexity index is 1210. The fourth-order valence-corrected chi connectivity index (χ4v) is 3.62. The highest BCUT2D eigenvalue weighted by Gasteiger charge is 2.35. The Morgan fingerprint density at radius 2 is 1.77 bits per heavy atom. The van der Waals surface area contributed by atoms with Gasteiger partial charge in [0.15, 0.2) is 5.11 Å². The molecule has 30 heavy (non-hydrogen) atoms. The number of phenols is 1. The molecule has 0 atom stereocenters. The van der Waals surface area contributed by atoms with Gasteiger partial charge in [0.1, 0.15) is 11.3 Å². The fourth-order valence-electron chi connectivity index (χ4n) is 3.34. The van der Waals surface area contributed by atoms with E-state index in [-0.39, 0.29) is 16.4 Å². The molecule has 1 aliphatic rings. The van der Waals surface area contributed by atoms with E-state index in [1.165, 1.54) is 4.90 Å². The monoisotopic (exact) mass is 417 g/mol. The SMILES string of the molecule is Cc1ccc(C)c(N2C(=O)C(=Cc3cccn3-c3ccc(O)cc3)C(=O)NC2=S)c1. The second-order valence-electron chi connectivity index (χ2n) is 7.07. The Kier molecular flexibility index (Phi) is 4.97. The number of nitrogens with zero attached hydrogens (tertiary/aromatic N) is 2. The second kappa shape index (κ2) is 7.61. The van der Waals surface area contributed by atoms with Crippen LogP contribution in [0.4, 0.5) is 5.69 Å². The second-order valence-corrected chi connectivity index (χ2v) is 7.45. The number of aromatic hydroxyl groups is 1. The molecule has 2 heterocycles. The van der Waals surface area contributed by atoms with Crippen molar-refractivity contribution < 1.29 is 14.7 Å². The van der Waals surface area contributed by atoms with E-state index in [0.717, 1.165) is 16.8 Å². The smallest absolute Gasteiger partial charge is 0.270 e. The maximum atomic E-state index is 13.3. The molecule has 0 unspecified atom stereocenters. The summed E-state index contributed by atoms with van der Waals surface area (Å²) < 4.78 is 1.82. The van der Waals surface area contributed by atoms with Crippen molar-refractivity contribution in [2.24, 2.45) is 0 Å². The van der Waals surface area contributed by atoms with E-state index in [1.807, 2.05) is 48.9 Å². The number of aryl methyl sites for hydroxylation is 2. The van der Waals surface area contributed by atoms with Crippen LogP contribution in [0.5, 0.6) is 5.75 Å². The Balaban J connectivity index is 1.77. The number of nitrogens with one attached hydrogen (secondary N) is 1. The molecule has 7 heteroatoms. The van der Waals surface area contributed by atoms with Crippen LogP contribution in [0, 0.1) is 13.8 Å². The first-order valence-electron chi connectivity index (χ1n) is 9.30. The number of anilines is 1. The summed E-state index contributed by atoms with van der Waals surface area (Å²) in [5, 5.41) is 12.2. The van der Waals surface area contributed by atoms with Crippen LogP contribution < -0.4 is 10.2 Å². The van der Waals surface area contributed by atoms with E-state index < -0.39 is 11.8 Å². The molecule has 6 nitrogen and oxygen atoms in total. The van der Waals surface area contributed by atoms with E-state index in [1.54, 1.807) is 36.4 Å². The Labute approximate surface area is 179 Å².